The smallest absolute Gasteiger partial charge is 0.261 e. The molecule has 0 bridgehead atoms. The summed E-state index contributed by atoms with van der Waals surface area (Å²) < 4.78 is 6.27. The summed E-state index contributed by atoms with van der Waals surface area (Å²) >= 11 is 0. The average Bonchev–Trinajstić information content (AvgIpc) is 3.71. The molecule has 182 valence electrons. The summed E-state index contributed by atoms with van der Waals surface area (Å²) in [6.45, 7) is 6.83. The Hall–Kier alpha value is -3.11. The zero-order valence-electron chi connectivity index (χ0n) is 20.9. The molecule has 1 heterocycles. The van der Waals surface area contributed by atoms with Crippen molar-refractivity contribution in [3.63, 3.8) is 0 Å². The summed E-state index contributed by atoms with van der Waals surface area (Å²) in [5.74, 6) is 1.43. The third-order valence-corrected chi connectivity index (χ3v) is 7.23. The van der Waals surface area contributed by atoms with Gasteiger partial charge in [-0.3, -0.25) is 9.69 Å². The Balaban J connectivity index is 1.41. The largest absolute Gasteiger partial charge is 0.481 e. The number of carbonyl (C=O) groups excluding carboxylic acids is 1. The first-order valence-electron chi connectivity index (χ1n) is 13.0. The van der Waals surface area contributed by atoms with Crippen LogP contribution in [-0.4, -0.2) is 30.0 Å². The van der Waals surface area contributed by atoms with Gasteiger partial charge >= 0.3 is 0 Å². The SMILES string of the molecule is CC[C@H](Oc1ccc2c(c1)[C@@H](c1ccccc1)N(Cc1cccc(C)c1)CC2)C(=O)NCC1CC1. The van der Waals surface area contributed by atoms with Crippen molar-refractivity contribution in [2.24, 2.45) is 5.92 Å². The molecule has 1 N–H and O–H groups in total. The van der Waals surface area contributed by atoms with E-state index < -0.39 is 6.10 Å². The van der Waals surface area contributed by atoms with Crippen LogP contribution in [0.1, 0.15) is 60.0 Å². The highest BCUT2D eigenvalue weighted by Crippen LogP contribution is 2.38. The highest BCUT2D eigenvalue weighted by molar-refractivity contribution is 5.81. The number of aryl methyl sites for hydroxylation is 1. The second-order valence-electron chi connectivity index (χ2n) is 10.1. The molecular weight excluding hydrogens is 432 g/mol. The van der Waals surface area contributed by atoms with Crippen LogP contribution in [0.4, 0.5) is 0 Å². The van der Waals surface area contributed by atoms with E-state index in [0.29, 0.717) is 12.3 Å². The molecule has 2 aliphatic rings. The Morgan fingerprint density at radius 3 is 2.63 bits per heavy atom. The Bertz CT molecular complexity index is 1160. The van der Waals surface area contributed by atoms with Gasteiger partial charge < -0.3 is 10.1 Å². The highest BCUT2D eigenvalue weighted by Gasteiger charge is 2.30. The number of hydrogen-bond donors (Lipinski definition) is 1. The van der Waals surface area contributed by atoms with Crippen molar-refractivity contribution >= 4 is 5.91 Å². The zero-order chi connectivity index (χ0) is 24.2. The predicted octanol–water partition coefficient (Wildman–Crippen LogP) is 5.83. The molecule has 1 aliphatic carbocycles. The molecule has 1 amide bonds. The van der Waals surface area contributed by atoms with Crippen molar-refractivity contribution in [1.29, 1.82) is 0 Å². The zero-order valence-corrected chi connectivity index (χ0v) is 20.9. The van der Waals surface area contributed by atoms with Crippen LogP contribution in [0.15, 0.2) is 72.8 Å². The minimum Gasteiger partial charge on any atom is -0.481 e. The first kappa shape index (κ1) is 23.6. The monoisotopic (exact) mass is 468 g/mol. The van der Waals surface area contributed by atoms with Crippen LogP contribution >= 0.6 is 0 Å². The van der Waals surface area contributed by atoms with Crippen LogP contribution < -0.4 is 10.1 Å². The van der Waals surface area contributed by atoms with Crippen LogP contribution in [0, 0.1) is 12.8 Å². The topological polar surface area (TPSA) is 41.6 Å². The molecule has 5 rings (SSSR count). The fourth-order valence-electron chi connectivity index (χ4n) is 5.13. The summed E-state index contributed by atoms with van der Waals surface area (Å²) in [5, 5.41) is 3.08. The quantitative estimate of drug-likeness (QED) is 0.430. The Kier molecular flexibility index (Phi) is 7.19. The fourth-order valence-corrected chi connectivity index (χ4v) is 5.13. The normalized spacial score (nSPS) is 18.5. The molecule has 0 saturated heterocycles. The van der Waals surface area contributed by atoms with Crippen LogP contribution in [0.3, 0.4) is 0 Å². The molecule has 4 nitrogen and oxygen atoms in total. The number of hydrogen-bond acceptors (Lipinski definition) is 3. The van der Waals surface area contributed by atoms with E-state index in [1.54, 1.807) is 0 Å². The minimum absolute atomic E-state index is 0.00203. The van der Waals surface area contributed by atoms with Gasteiger partial charge in [0.15, 0.2) is 6.10 Å². The van der Waals surface area contributed by atoms with E-state index in [-0.39, 0.29) is 11.9 Å². The summed E-state index contributed by atoms with van der Waals surface area (Å²) in [4.78, 5) is 15.3. The number of nitrogens with one attached hydrogen (secondary N) is 1. The lowest BCUT2D eigenvalue weighted by Gasteiger charge is -2.38. The van der Waals surface area contributed by atoms with Gasteiger partial charge in [-0.15, -0.1) is 0 Å². The van der Waals surface area contributed by atoms with E-state index in [9.17, 15) is 4.79 Å². The van der Waals surface area contributed by atoms with Crippen LogP contribution in [0.2, 0.25) is 0 Å². The Morgan fingerprint density at radius 1 is 1.06 bits per heavy atom. The summed E-state index contributed by atoms with van der Waals surface area (Å²) in [5.41, 5.74) is 6.55. The lowest BCUT2D eigenvalue weighted by atomic mass is 9.87. The fraction of sp³-hybridized carbons (Fsp3) is 0.387. The minimum atomic E-state index is -0.464. The maximum absolute atomic E-state index is 12.7. The number of rotatable bonds is 9. The molecule has 1 aliphatic heterocycles. The lowest BCUT2D eigenvalue weighted by Crippen LogP contribution is -2.39. The van der Waals surface area contributed by atoms with Gasteiger partial charge in [0.25, 0.3) is 5.91 Å². The van der Waals surface area contributed by atoms with E-state index in [0.717, 1.165) is 31.8 Å². The third kappa shape index (κ3) is 5.76. The van der Waals surface area contributed by atoms with Gasteiger partial charge in [0, 0.05) is 19.6 Å². The van der Waals surface area contributed by atoms with Crippen molar-refractivity contribution < 1.29 is 9.53 Å². The maximum Gasteiger partial charge on any atom is 0.261 e. The van der Waals surface area contributed by atoms with E-state index in [2.05, 4.69) is 83.9 Å². The van der Waals surface area contributed by atoms with Gasteiger partial charge in [-0.2, -0.15) is 0 Å². The van der Waals surface area contributed by atoms with E-state index in [1.165, 1.54) is 40.7 Å². The first-order chi connectivity index (χ1) is 17.1. The molecular formula is C31H36N2O2. The van der Waals surface area contributed by atoms with E-state index in [1.807, 2.05) is 13.0 Å². The number of ether oxygens (including phenoxy) is 1. The van der Waals surface area contributed by atoms with Gasteiger partial charge in [-0.25, -0.2) is 0 Å². The number of benzene rings is 3. The molecule has 3 aromatic rings. The van der Waals surface area contributed by atoms with Crippen molar-refractivity contribution in [2.75, 3.05) is 13.1 Å². The molecule has 0 aromatic heterocycles. The summed E-state index contributed by atoms with van der Waals surface area (Å²) in [6, 6.07) is 26.1. The van der Waals surface area contributed by atoms with Gasteiger partial charge in [-0.05, 0) is 72.9 Å². The molecule has 4 heteroatoms. The van der Waals surface area contributed by atoms with Crippen LogP contribution in [-0.2, 0) is 17.8 Å². The third-order valence-electron chi connectivity index (χ3n) is 7.23. The summed E-state index contributed by atoms with van der Waals surface area (Å²) in [7, 11) is 0. The second-order valence-corrected chi connectivity index (χ2v) is 10.1. The molecule has 0 unspecified atom stereocenters. The highest BCUT2D eigenvalue weighted by atomic mass is 16.5. The summed E-state index contributed by atoms with van der Waals surface area (Å²) in [6.07, 6.45) is 3.64. The second kappa shape index (κ2) is 10.7. The van der Waals surface area contributed by atoms with Gasteiger partial charge in [0.1, 0.15) is 5.75 Å². The number of nitrogens with zero attached hydrogens (tertiary/aromatic N) is 1. The standard InChI is InChI=1S/C31H36N2O2/c1-3-29(31(34)32-20-23-12-13-23)35-27-15-14-25-16-17-33(21-24-9-7-8-22(2)18-24)30(28(25)19-27)26-10-5-4-6-11-26/h4-11,14-15,18-19,23,29-30H,3,12-13,16-17,20-21H2,1-2H3,(H,32,34)/t29-,30+/m0/s1. The van der Waals surface area contributed by atoms with E-state index in [4.69, 9.17) is 4.74 Å². The van der Waals surface area contributed by atoms with Crippen molar-refractivity contribution in [1.82, 2.24) is 10.2 Å². The molecule has 0 radical (unpaired) electrons. The van der Waals surface area contributed by atoms with Crippen molar-refractivity contribution in [3.8, 4) is 5.75 Å². The Morgan fingerprint density at radius 2 is 1.89 bits per heavy atom. The molecule has 3 aromatic carbocycles. The van der Waals surface area contributed by atoms with Crippen molar-refractivity contribution in [2.45, 2.75) is 58.2 Å². The first-order valence-corrected chi connectivity index (χ1v) is 13.0. The Labute approximate surface area is 209 Å². The number of fused-ring (bicyclic) bond motifs is 1. The van der Waals surface area contributed by atoms with E-state index >= 15 is 0 Å². The van der Waals surface area contributed by atoms with Gasteiger partial charge in [0.05, 0.1) is 6.04 Å². The molecule has 1 fully saturated rings. The predicted molar refractivity (Wildman–Crippen MR) is 140 cm³/mol. The van der Waals surface area contributed by atoms with Crippen LogP contribution in [0.25, 0.3) is 0 Å². The molecule has 0 spiro atoms. The van der Waals surface area contributed by atoms with Gasteiger partial charge in [-0.1, -0.05) is 73.2 Å². The number of amides is 1. The maximum atomic E-state index is 12.7. The molecule has 35 heavy (non-hydrogen) atoms. The van der Waals surface area contributed by atoms with Crippen molar-refractivity contribution in [3.05, 3.63) is 101 Å². The molecule has 1 saturated carbocycles. The average molecular weight is 469 g/mol. The lowest BCUT2D eigenvalue weighted by molar-refractivity contribution is -0.128. The molecule has 2 atom stereocenters. The van der Waals surface area contributed by atoms with Gasteiger partial charge in [0.2, 0.25) is 0 Å². The van der Waals surface area contributed by atoms with Crippen LogP contribution in [0.5, 0.6) is 5.75 Å². The number of carbonyl (C=O) groups is 1.